The molecule has 0 unspecified atom stereocenters. The summed E-state index contributed by atoms with van der Waals surface area (Å²) in [6.45, 7) is 11.4. The molecule has 6 heteroatoms. The van der Waals surface area contributed by atoms with E-state index in [4.69, 9.17) is 14.2 Å². The molecule has 142 valence electrons. The molecule has 1 saturated carbocycles. The van der Waals surface area contributed by atoms with E-state index in [0.29, 0.717) is 18.4 Å². The van der Waals surface area contributed by atoms with Crippen molar-refractivity contribution in [3.05, 3.63) is 23.8 Å². The van der Waals surface area contributed by atoms with E-state index in [9.17, 15) is 14.7 Å². The molecule has 26 heavy (non-hydrogen) atoms. The maximum atomic E-state index is 12.6. The highest BCUT2D eigenvalue weighted by Crippen LogP contribution is 2.57. The summed E-state index contributed by atoms with van der Waals surface area (Å²) in [4.78, 5) is 24.8. The molecule has 0 spiro atoms. The zero-order chi connectivity index (χ0) is 19.0. The van der Waals surface area contributed by atoms with Gasteiger partial charge in [-0.1, -0.05) is 25.2 Å². The van der Waals surface area contributed by atoms with Crippen LogP contribution in [0.1, 0.15) is 40.5 Å². The number of rotatable bonds is 2. The first kappa shape index (κ1) is 17.7. The fourth-order valence-corrected chi connectivity index (χ4v) is 5.11. The topological polar surface area (TPSA) is 85.4 Å². The van der Waals surface area contributed by atoms with Gasteiger partial charge in [0.15, 0.2) is 5.60 Å². The predicted octanol–water partition coefficient (Wildman–Crippen LogP) is 1.91. The summed E-state index contributed by atoms with van der Waals surface area (Å²) < 4.78 is 16.9. The van der Waals surface area contributed by atoms with Crippen LogP contribution in [0.25, 0.3) is 0 Å². The monoisotopic (exact) mass is 362 g/mol. The minimum Gasteiger partial charge on any atom is -0.459 e. The Kier molecular flexibility index (Phi) is 3.70. The van der Waals surface area contributed by atoms with Crippen LogP contribution in [0, 0.1) is 17.3 Å². The molecule has 0 aromatic heterocycles. The third-order valence-electron chi connectivity index (χ3n) is 7.06. The van der Waals surface area contributed by atoms with E-state index in [1.807, 2.05) is 26.8 Å². The largest absolute Gasteiger partial charge is 0.459 e. The second kappa shape index (κ2) is 5.42. The Balaban J connectivity index is 1.69. The third-order valence-corrected chi connectivity index (χ3v) is 7.06. The number of fused-ring (bicyclic) bond motifs is 3. The quantitative estimate of drug-likeness (QED) is 0.350. The molecular formula is C20H26O6. The lowest BCUT2D eigenvalue weighted by atomic mass is 9.54. The summed E-state index contributed by atoms with van der Waals surface area (Å²) in [5.74, 6) is -1.38. The van der Waals surface area contributed by atoms with E-state index in [1.54, 1.807) is 6.92 Å². The fraction of sp³-hybridized carbons (Fsp3) is 0.700. The van der Waals surface area contributed by atoms with Gasteiger partial charge in [-0.15, -0.1) is 0 Å². The number of aliphatic hydroxyl groups excluding tert-OH is 1. The Hall–Kier alpha value is -1.66. The molecule has 4 rings (SSSR count). The minimum absolute atomic E-state index is 0.110. The molecule has 0 bridgehead atoms. The molecule has 1 N–H and O–H groups in total. The van der Waals surface area contributed by atoms with Gasteiger partial charge in [0.05, 0.1) is 18.1 Å². The first-order chi connectivity index (χ1) is 12.1. The molecule has 6 nitrogen and oxygen atoms in total. The second-order valence-electron chi connectivity index (χ2n) is 8.62. The average molecular weight is 362 g/mol. The zero-order valence-corrected chi connectivity index (χ0v) is 15.7. The van der Waals surface area contributed by atoms with Gasteiger partial charge in [0, 0.05) is 16.9 Å². The summed E-state index contributed by atoms with van der Waals surface area (Å²) in [7, 11) is 0. The summed E-state index contributed by atoms with van der Waals surface area (Å²) in [5, 5.41) is 10.7. The van der Waals surface area contributed by atoms with Crippen LogP contribution in [0.3, 0.4) is 0 Å². The third kappa shape index (κ3) is 2.24. The van der Waals surface area contributed by atoms with Crippen molar-refractivity contribution in [2.24, 2.45) is 17.3 Å². The highest BCUT2D eigenvalue weighted by atomic mass is 16.7. The predicted molar refractivity (Wildman–Crippen MR) is 91.9 cm³/mol. The molecule has 0 aromatic rings. The highest BCUT2D eigenvalue weighted by Gasteiger charge is 2.63. The number of carbonyl (C=O) groups excluding carboxylic acids is 2. The Morgan fingerprint density at radius 3 is 2.69 bits per heavy atom. The van der Waals surface area contributed by atoms with Crippen molar-refractivity contribution >= 4 is 11.9 Å². The molecule has 2 aliphatic heterocycles. The number of epoxide rings is 1. The van der Waals surface area contributed by atoms with Crippen molar-refractivity contribution in [2.75, 3.05) is 0 Å². The molecule has 0 aromatic carbocycles. The lowest BCUT2D eigenvalue weighted by molar-refractivity contribution is -0.179. The highest BCUT2D eigenvalue weighted by molar-refractivity contribution is 5.91. The van der Waals surface area contributed by atoms with Gasteiger partial charge in [0.2, 0.25) is 0 Å². The van der Waals surface area contributed by atoms with Crippen LogP contribution in [0.15, 0.2) is 23.8 Å². The molecule has 8 atom stereocenters. The standard InChI is InChI=1S/C20H26O6/c1-9-6-7-13(21)19(4)8-12(24-18(23)20(5)11(3)26-20)14-10(2)17(22)25-16(14)15(9)19/h6,11-16,21H,2,7-8H2,1,3-5H3/t11-,12-,13-,14-,15-,16+,19+,20+/m1/s1. The van der Waals surface area contributed by atoms with Crippen LogP contribution < -0.4 is 0 Å². The van der Waals surface area contributed by atoms with E-state index in [0.717, 1.165) is 5.57 Å². The van der Waals surface area contributed by atoms with Crippen molar-refractivity contribution in [2.45, 2.75) is 70.6 Å². The van der Waals surface area contributed by atoms with E-state index in [1.165, 1.54) is 0 Å². The number of esters is 2. The summed E-state index contributed by atoms with van der Waals surface area (Å²) in [5.41, 5.74) is -0.0185. The average Bonchev–Trinajstić information content (AvgIpc) is 3.07. The van der Waals surface area contributed by atoms with Gasteiger partial charge < -0.3 is 19.3 Å². The molecule has 2 heterocycles. The fourth-order valence-electron chi connectivity index (χ4n) is 5.11. The minimum atomic E-state index is -0.931. The van der Waals surface area contributed by atoms with Crippen LogP contribution >= 0.6 is 0 Å². The van der Waals surface area contributed by atoms with Gasteiger partial charge in [0.25, 0.3) is 0 Å². The first-order valence-corrected chi connectivity index (χ1v) is 9.23. The molecule has 2 aliphatic carbocycles. The molecule has 2 saturated heterocycles. The van der Waals surface area contributed by atoms with Gasteiger partial charge in [0.1, 0.15) is 12.2 Å². The second-order valence-corrected chi connectivity index (χ2v) is 8.62. The van der Waals surface area contributed by atoms with E-state index >= 15 is 0 Å². The Morgan fingerprint density at radius 1 is 1.42 bits per heavy atom. The summed E-state index contributed by atoms with van der Waals surface area (Å²) >= 11 is 0. The molecular weight excluding hydrogens is 336 g/mol. The maximum Gasteiger partial charge on any atom is 0.341 e. The van der Waals surface area contributed by atoms with E-state index in [2.05, 4.69) is 6.58 Å². The molecule has 3 fully saturated rings. The van der Waals surface area contributed by atoms with Crippen molar-refractivity contribution in [1.29, 1.82) is 0 Å². The smallest absolute Gasteiger partial charge is 0.341 e. The van der Waals surface area contributed by atoms with Gasteiger partial charge in [-0.05, 0) is 33.6 Å². The maximum absolute atomic E-state index is 12.6. The van der Waals surface area contributed by atoms with Crippen LogP contribution in [0.4, 0.5) is 0 Å². The van der Waals surface area contributed by atoms with Gasteiger partial charge in [-0.25, -0.2) is 9.59 Å². The van der Waals surface area contributed by atoms with Crippen molar-refractivity contribution in [3.8, 4) is 0 Å². The van der Waals surface area contributed by atoms with Crippen LogP contribution in [0.2, 0.25) is 0 Å². The van der Waals surface area contributed by atoms with Crippen molar-refractivity contribution in [3.63, 3.8) is 0 Å². The zero-order valence-electron chi connectivity index (χ0n) is 15.7. The number of carbonyl (C=O) groups is 2. The molecule has 0 radical (unpaired) electrons. The Labute approximate surface area is 153 Å². The van der Waals surface area contributed by atoms with Crippen LogP contribution in [0.5, 0.6) is 0 Å². The van der Waals surface area contributed by atoms with Crippen molar-refractivity contribution < 1.29 is 28.9 Å². The van der Waals surface area contributed by atoms with Gasteiger partial charge in [-0.3, -0.25) is 0 Å². The van der Waals surface area contributed by atoms with Gasteiger partial charge in [-0.2, -0.15) is 0 Å². The van der Waals surface area contributed by atoms with Crippen LogP contribution in [-0.4, -0.2) is 47.1 Å². The lowest BCUT2D eigenvalue weighted by Gasteiger charge is -2.53. The number of hydrogen-bond acceptors (Lipinski definition) is 6. The number of hydrogen-bond donors (Lipinski definition) is 1. The Bertz CT molecular complexity index is 726. The number of ether oxygens (including phenoxy) is 3. The first-order valence-electron chi connectivity index (χ1n) is 9.23. The SMILES string of the molecule is C=C1C(=O)O[C@H]2[C@H]1[C@H](OC(=O)[C@@]1(C)O[C@@H]1C)C[C@@]1(C)[C@H](O)CC=C(C)[C@H]21. The molecule has 0 amide bonds. The lowest BCUT2D eigenvalue weighted by Crippen LogP contribution is -2.57. The summed E-state index contributed by atoms with van der Waals surface area (Å²) in [6, 6.07) is 0. The van der Waals surface area contributed by atoms with E-state index < -0.39 is 47.2 Å². The molecule has 4 aliphatic rings. The Morgan fingerprint density at radius 2 is 2.08 bits per heavy atom. The van der Waals surface area contributed by atoms with Crippen LogP contribution in [-0.2, 0) is 23.8 Å². The number of aliphatic hydroxyl groups is 1. The van der Waals surface area contributed by atoms with Crippen molar-refractivity contribution in [1.82, 2.24) is 0 Å². The summed E-state index contributed by atoms with van der Waals surface area (Å²) in [6.07, 6.45) is 1.20. The van der Waals surface area contributed by atoms with E-state index in [-0.39, 0.29) is 12.0 Å². The van der Waals surface area contributed by atoms with Gasteiger partial charge >= 0.3 is 11.9 Å². The normalized spacial score (nSPS) is 49.7.